The molecule has 1 aromatic heterocycles. The second-order valence-electron chi connectivity index (χ2n) is 4.84. The lowest BCUT2D eigenvalue weighted by atomic mass is 10.1. The number of fused-ring (bicyclic) bond motifs is 1. The van der Waals surface area contributed by atoms with E-state index in [1.165, 1.54) is 35.7 Å². The van der Waals surface area contributed by atoms with E-state index >= 15 is 0 Å². The Hall–Kier alpha value is -1.28. The van der Waals surface area contributed by atoms with Crippen LogP contribution < -0.4 is 5.73 Å². The standard InChI is InChI=1S/C14H18N2/c15-10-12-3-4-13-6-8-16(14(13)9-12)7-5-11-1-2-11/h3-4,6,8-9,11H,1-2,5,7,10,15H2. The summed E-state index contributed by atoms with van der Waals surface area (Å²) in [4.78, 5) is 0. The van der Waals surface area contributed by atoms with Crippen LogP contribution in [0.25, 0.3) is 10.9 Å². The third-order valence-corrected chi connectivity index (χ3v) is 3.55. The van der Waals surface area contributed by atoms with Crippen LogP contribution >= 0.6 is 0 Å². The number of nitrogens with zero attached hydrogens (tertiary/aromatic N) is 1. The number of hydrogen-bond donors (Lipinski definition) is 1. The number of aromatic nitrogens is 1. The Bertz CT molecular complexity index is 494. The van der Waals surface area contributed by atoms with Crippen LogP contribution in [0.5, 0.6) is 0 Å². The Morgan fingerprint density at radius 3 is 2.88 bits per heavy atom. The molecule has 2 nitrogen and oxygen atoms in total. The Balaban J connectivity index is 1.89. The minimum absolute atomic E-state index is 0.629. The Kier molecular flexibility index (Phi) is 2.44. The number of aryl methyl sites for hydroxylation is 1. The van der Waals surface area contributed by atoms with Crippen LogP contribution in [0, 0.1) is 5.92 Å². The molecule has 2 heteroatoms. The van der Waals surface area contributed by atoms with E-state index in [1.807, 2.05) is 0 Å². The van der Waals surface area contributed by atoms with E-state index in [0.717, 1.165) is 12.5 Å². The van der Waals surface area contributed by atoms with Crippen LogP contribution in [0.4, 0.5) is 0 Å². The van der Waals surface area contributed by atoms with Gasteiger partial charge in [0.2, 0.25) is 0 Å². The summed E-state index contributed by atoms with van der Waals surface area (Å²) < 4.78 is 2.37. The first-order valence-corrected chi connectivity index (χ1v) is 6.14. The van der Waals surface area contributed by atoms with Crippen molar-refractivity contribution < 1.29 is 0 Å². The fourth-order valence-electron chi connectivity index (χ4n) is 2.28. The Morgan fingerprint density at radius 2 is 2.12 bits per heavy atom. The van der Waals surface area contributed by atoms with Crippen molar-refractivity contribution >= 4 is 10.9 Å². The van der Waals surface area contributed by atoms with Crippen LogP contribution in [0.2, 0.25) is 0 Å². The third-order valence-electron chi connectivity index (χ3n) is 3.55. The molecule has 0 unspecified atom stereocenters. The second-order valence-corrected chi connectivity index (χ2v) is 4.84. The number of hydrogen-bond acceptors (Lipinski definition) is 1. The van der Waals surface area contributed by atoms with Gasteiger partial charge in [0.25, 0.3) is 0 Å². The monoisotopic (exact) mass is 214 g/mol. The van der Waals surface area contributed by atoms with Crippen molar-refractivity contribution in [2.24, 2.45) is 11.7 Å². The molecule has 16 heavy (non-hydrogen) atoms. The predicted octanol–water partition coefficient (Wildman–Crippen LogP) is 2.90. The van der Waals surface area contributed by atoms with E-state index in [9.17, 15) is 0 Å². The Morgan fingerprint density at radius 1 is 1.25 bits per heavy atom. The number of rotatable bonds is 4. The van der Waals surface area contributed by atoms with Crippen molar-refractivity contribution in [2.75, 3.05) is 0 Å². The van der Waals surface area contributed by atoms with Gasteiger partial charge in [0.1, 0.15) is 0 Å². The fourth-order valence-corrected chi connectivity index (χ4v) is 2.28. The minimum atomic E-state index is 0.629. The van der Waals surface area contributed by atoms with E-state index < -0.39 is 0 Å². The first-order chi connectivity index (χ1) is 7.86. The molecule has 0 bridgehead atoms. The molecule has 0 spiro atoms. The molecule has 3 rings (SSSR count). The van der Waals surface area contributed by atoms with Gasteiger partial charge in [-0.1, -0.05) is 25.0 Å². The van der Waals surface area contributed by atoms with Crippen molar-refractivity contribution in [1.29, 1.82) is 0 Å². The number of nitrogens with two attached hydrogens (primary N) is 1. The van der Waals surface area contributed by atoms with E-state index in [-0.39, 0.29) is 0 Å². The quantitative estimate of drug-likeness (QED) is 0.833. The zero-order valence-corrected chi connectivity index (χ0v) is 9.52. The van der Waals surface area contributed by atoms with Gasteiger partial charge in [-0.25, -0.2) is 0 Å². The molecule has 1 aromatic carbocycles. The van der Waals surface area contributed by atoms with Gasteiger partial charge in [-0.05, 0) is 35.4 Å². The summed E-state index contributed by atoms with van der Waals surface area (Å²) in [5.41, 5.74) is 8.24. The summed E-state index contributed by atoms with van der Waals surface area (Å²) in [5.74, 6) is 0.996. The molecule has 1 aliphatic carbocycles. The lowest BCUT2D eigenvalue weighted by molar-refractivity contribution is 0.611. The van der Waals surface area contributed by atoms with Gasteiger partial charge in [-0.2, -0.15) is 0 Å². The summed E-state index contributed by atoms with van der Waals surface area (Å²) in [7, 11) is 0. The zero-order chi connectivity index (χ0) is 11.0. The van der Waals surface area contributed by atoms with Crippen molar-refractivity contribution in [3.63, 3.8) is 0 Å². The lowest BCUT2D eigenvalue weighted by Crippen LogP contribution is -1.99. The normalized spacial score (nSPS) is 15.8. The van der Waals surface area contributed by atoms with Crippen LogP contribution in [0.1, 0.15) is 24.8 Å². The van der Waals surface area contributed by atoms with Gasteiger partial charge in [0, 0.05) is 24.8 Å². The molecule has 0 aliphatic heterocycles. The predicted molar refractivity (Wildman–Crippen MR) is 67.2 cm³/mol. The highest BCUT2D eigenvalue weighted by Gasteiger charge is 2.20. The Labute approximate surface area is 96.1 Å². The maximum Gasteiger partial charge on any atom is 0.0483 e. The second kappa shape index (κ2) is 3.95. The maximum atomic E-state index is 5.68. The van der Waals surface area contributed by atoms with Crippen molar-refractivity contribution in [2.45, 2.75) is 32.4 Å². The fraction of sp³-hybridized carbons (Fsp3) is 0.429. The van der Waals surface area contributed by atoms with Crippen LogP contribution in [0.3, 0.4) is 0 Å². The molecule has 1 saturated carbocycles. The molecule has 0 saturated heterocycles. The van der Waals surface area contributed by atoms with E-state index in [2.05, 4.69) is 35.0 Å². The summed E-state index contributed by atoms with van der Waals surface area (Å²) in [6.07, 6.45) is 6.41. The van der Waals surface area contributed by atoms with Crippen LogP contribution in [-0.4, -0.2) is 4.57 Å². The first kappa shape index (κ1) is 9.91. The van der Waals surface area contributed by atoms with Crippen LogP contribution in [0.15, 0.2) is 30.5 Å². The third kappa shape index (κ3) is 1.85. The average molecular weight is 214 g/mol. The summed E-state index contributed by atoms with van der Waals surface area (Å²) in [6, 6.07) is 8.71. The molecule has 1 heterocycles. The molecule has 84 valence electrons. The topological polar surface area (TPSA) is 30.9 Å². The van der Waals surface area contributed by atoms with Gasteiger partial charge >= 0.3 is 0 Å². The average Bonchev–Trinajstić information content (AvgIpc) is 3.06. The summed E-state index contributed by atoms with van der Waals surface area (Å²) >= 11 is 0. The maximum absolute atomic E-state index is 5.68. The molecule has 1 fully saturated rings. The van der Waals surface area contributed by atoms with Crippen molar-refractivity contribution in [3.05, 3.63) is 36.0 Å². The number of benzene rings is 1. The molecular formula is C14H18N2. The summed E-state index contributed by atoms with van der Waals surface area (Å²) in [6.45, 7) is 1.78. The first-order valence-electron chi connectivity index (χ1n) is 6.14. The SMILES string of the molecule is NCc1ccc2ccn(CCC3CC3)c2c1. The van der Waals surface area contributed by atoms with Gasteiger partial charge in [-0.3, -0.25) is 0 Å². The molecule has 0 atom stereocenters. The molecular weight excluding hydrogens is 196 g/mol. The molecule has 1 aliphatic rings. The van der Waals surface area contributed by atoms with E-state index in [4.69, 9.17) is 5.73 Å². The molecule has 2 N–H and O–H groups in total. The smallest absolute Gasteiger partial charge is 0.0483 e. The summed E-state index contributed by atoms with van der Waals surface area (Å²) in [5, 5.41) is 1.33. The minimum Gasteiger partial charge on any atom is -0.347 e. The highest BCUT2D eigenvalue weighted by atomic mass is 14.9. The zero-order valence-electron chi connectivity index (χ0n) is 9.52. The van der Waals surface area contributed by atoms with Gasteiger partial charge in [-0.15, -0.1) is 0 Å². The lowest BCUT2D eigenvalue weighted by Gasteiger charge is -2.05. The molecule has 0 radical (unpaired) electrons. The highest BCUT2D eigenvalue weighted by Crippen LogP contribution is 2.33. The van der Waals surface area contributed by atoms with Crippen molar-refractivity contribution in [1.82, 2.24) is 4.57 Å². The van der Waals surface area contributed by atoms with E-state index in [1.54, 1.807) is 0 Å². The largest absolute Gasteiger partial charge is 0.347 e. The van der Waals surface area contributed by atoms with Crippen molar-refractivity contribution in [3.8, 4) is 0 Å². The van der Waals surface area contributed by atoms with E-state index in [0.29, 0.717) is 6.54 Å². The molecule has 2 aromatic rings. The van der Waals surface area contributed by atoms with Crippen LogP contribution in [-0.2, 0) is 13.1 Å². The highest BCUT2D eigenvalue weighted by molar-refractivity contribution is 5.80. The van der Waals surface area contributed by atoms with Gasteiger partial charge in [0.05, 0.1) is 0 Å². The van der Waals surface area contributed by atoms with Gasteiger partial charge < -0.3 is 10.3 Å². The van der Waals surface area contributed by atoms with Gasteiger partial charge in [0.15, 0.2) is 0 Å². The molecule has 0 amide bonds.